The Morgan fingerprint density at radius 2 is 1.89 bits per heavy atom. The zero-order valence-electron chi connectivity index (χ0n) is 9.38. The Balaban J connectivity index is 2.23. The van der Waals surface area contributed by atoms with Gasteiger partial charge in [0.1, 0.15) is 5.82 Å². The molecular weight excluding hydrogens is 400 g/mol. The Morgan fingerprint density at radius 1 is 1.16 bits per heavy atom. The summed E-state index contributed by atoms with van der Waals surface area (Å²) in [6.07, 6.45) is 0. The largest absolute Gasteiger partial charge is 0.322 e. The molecule has 0 aliphatic rings. The second-order valence-corrected chi connectivity index (χ2v) is 5.88. The summed E-state index contributed by atoms with van der Waals surface area (Å²) >= 11 is 12.2. The molecule has 0 saturated heterocycles. The summed E-state index contributed by atoms with van der Waals surface area (Å²) < 4.78 is 14.9. The highest BCUT2D eigenvalue weighted by Crippen LogP contribution is 2.26. The average molecular weight is 407 g/mol. The fraction of sp³-hybridized carbons (Fsp3) is 0. The van der Waals surface area contributed by atoms with Crippen molar-refractivity contribution in [1.82, 2.24) is 0 Å². The van der Waals surface area contributed by atoms with Crippen LogP contribution in [0.25, 0.3) is 0 Å². The smallest absolute Gasteiger partial charge is 0.258 e. The maximum Gasteiger partial charge on any atom is 0.258 e. The molecule has 0 bridgehead atoms. The van der Waals surface area contributed by atoms with Gasteiger partial charge in [0.15, 0.2) is 0 Å². The molecule has 0 heterocycles. The van der Waals surface area contributed by atoms with E-state index in [0.717, 1.165) is 0 Å². The lowest BCUT2D eigenvalue weighted by molar-refractivity contribution is 0.102. The van der Waals surface area contributed by atoms with Gasteiger partial charge in [0.25, 0.3) is 5.91 Å². The molecule has 6 heteroatoms. The van der Waals surface area contributed by atoms with E-state index in [0.29, 0.717) is 19.7 Å². The predicted molar refractivity (Wildman–Crippen MR) is 81.2 cm³/mol. The van der Waals surface area contributed by atoms with E-state index < -0.39 is 11.7 Å². The van der Waals surface area contributed by atoms with Gasteiger partial charge in [-0.2, -0.15) is 0 Å². The first-order valence-corrected chi connectivity index (χ1v) is 7.15. The molecule has 2 aromatic rings. The molecule has 1 N–H and O–H groups in total. The average Bonchev–Trinajstić information content (AvgIpc) is 2.33. The lowest BCUT2D eigenvalue weighted by Gasteiger charge is -2.07. The standard InChI is InChI=1S/C13H7Br2ClFNO/c14-7-1-3-9(12(17)5-7)13(19)18-8-2-4-11(16)10(15)6-8/h1-6H,(H,18,19). The second kappa shape index (κ2) is 6.03. The highest BCUT2D eigenvalue weighted by molar-refractivity contribution is 9.10. The van der Waals surface area contributed by atoms with Crippen LogP contribution in [0, 0.1) is 5.82 Å². The first-order chi connectivity index (χ1) is 8.97. The van der Waals surface area contributed by atoms with Crippen LogP contribution in [0.2, 0.25) is 5.02 Å². The molecule has 0 spiro atoms. The van der Waals surface area contributed by atoms with Crippen LogP contribution < -0.4 is 5.32 Å². The second-order valence-electron chi connectivity index (χ2n) is 3.71. The van der Waals surface area contributed by atoms with Crippen molar-refractivity contribution in [1.29, 1.82) is 0 Å². The number of hydrogen-bond donors (Lipinski definition) is 1. The van der Waals surface area contributed by atoms with E-state index in [4.69, 9.17) is 11.6 Å². The predicted octanol–water partition coefficient (Wildman–Crippen LogP) is 5.26. The third-order valence-corrected chi connectivity index (χ3v) is 4.06. The Hall–Kier alpha value is -0.910. The molecule has 0 atom stereocenters. The summed E-state index contributed by atoms with van der Waals surface area (Å²) in [5.74, 6) is -1.10. The number of benzene rings is 2. The molecule has 2 nitrogen and oxygen atoms in total. The van der Waals surface area contributed by atoms with Crippen molar-refractivity contribution in [2.45, 2.75) is 0 Å². The number of amides is 1. The summed E-state index contributed by atoms with van der Waals surface area (Å²) in [5, 5.41) is 3.14. The van der Waals surface area contributed by atoms with E-state index in [-0.39, 0.29) is 5.56 Å². The van der Waals surface area contributed by atoms with Gasteiger partial charge >= 0.3 is 0 Å². The van der Waals surface area contributed by atoms with Crippen molar-refractivity contribution < 1.29 is 9.18 Å². The monoisotopic (exact) mass is 405 g/mol. The minimum absolute atomic E-state index is 0.0192. The number of carbonyl (C=O) groups is 1. The van der Waals surface area contributed by atoms with Crippen molar-refractivity contribution in [2.24, 2.45) is 0 Å². The van der Waals surface area contributed by atoms with Gasteiger partial charge in [0.05, 0.1) is 10.6 Å². The minimum atomic E-state index is -0.583. The van der Waals surface area contributed by atoms with Crippen LogP contribution in [0.15, 0.2) is 45.3 Å². The van der Waals surface area contributed by atoms with E-state index in [1.54, 1.807) is 24.3 Å². The van der Waals surface area contributed by atoms with E-state index in [9.17, 15) is 9.18 Å². The van der Waals surface area contributed by atoms with Crippen molar-refractivity contribution in [3.05, 3.63) is 61.7 Å². The van der Waals surface area contributed by atoms with Crippen LogP contribution in [0.1, 0.15) is 10.4 Å². The molecule has 2 rings (SSSR count). The van der Waals surface area contributed by atoms with Gasteiger partial charge in [-0.3, -0.25) is 4.79 Å². The highest BCUT2D eigenvalue weighted by Gasteiger charge is 2.12. The van der Waals surface area contributed by atoms with Crippen molar-refractivity contribution in [3.8, 4) is 0 Å². The van der Waals surface area contributed by atoms with E-state index in [1.165, 1.54) is 12.1 Å². The quantitative estimate of drug-likeness (QED) is 0.723. The Kier molecular flexibility index (Phi) is 4.60. The van der Waals surface area contributed by atoms with Crippen LogP contribution in [0.4, 0.5) is 10.1 Å². The number of carbonyl (C=O) groups excluding carboxylic acids is 1. The molecule has 0 aliphatic heterocycles. The molecular formula is C13H7Br2ClFNO. The topological polar surface area (TPSA) is 29.1 Å². The highest BCUT2D eigenvalue weighted by atomic mass is 79.9. The Labute approximate surface area is 131 Å². The fourth-order valence-electron chi connectivity index (χ4n) is 1.45. The van der Waals surface area contributed by atoms with E-state index in [2.05, 4.69) is 37.2 Å². The number of nitrogens with one attached hydrogen (secondary N) is 1. The molecule has 0 radical (unpaired) electrons. The zero-order chi connectivity index (χ0) is 14.0. The maximum atomic E-state index is 13.6. The van der Waals surface area contributed by atoms with Crippen molar-refractivity contribution >= 4 is 55.1 Å². The van der Waals surface area contributed by atoms with Crippen LogP contribution in [0.5, 0.6) is 0 Å². The van der Waals surface area contributed by atoms with E-state index >= 15 is 0 Å². The molecule has 19 heavy (non-hydrogen) atoms. The van der Waals surface area contributed by atoms with Gasteiger partial charge in [-0.15, -0.1) is 0 Å². The number of halogens is 4. The van der Waals surface area contributed by atoms with Gasteiger partial charge in [-0.25, -0.2) is 4.39 Å². The molecule has 1 amide bonds. The first-order valence-electron chi connectivity index (χ1n) is 5.19. The Morgan fingerprint density at radius 3 is 2.53 bits per heavy atom. The van der Waals surface area contributed by atoms with Gasteiger partial charge in [-0.05, 0) is 52.3 Å². The molecule has 0 fully saturated rings. The number of rotatable bonds is 2. The van der Waals surface area contributed by atoms with Crippen LogP contribution in [-0.4, -0.2) is 5.91 Å². The first kappa shape index (κ1) is 14.5. The molecule has 0 aliphatic carbocycles. The third kappa shape index (κ3) is 3.55. The van der Waals surface area contributed by atoms with E-state index in [1.807, 2.05) is 0 Å². The SMILES string of the molecule is O=C(Nc1ccc(Cl)c(Br)c1)c1ccc(Br)cc1F. The summed E-state index contributed by atoms with van der Waals surface area (Å²) in [4.78, 5) is 11.9. The zero-order valence-corrected chi connectivity index (χ0v) is 13.3. The summed E-state index contributed by atoms with van der Waals surface area (Å²) in [6.45, 7) is 0. The summed E-state index contributed by atoms with van der Waals surface area (Å²) in [7, 11) is 0. The van der Waals surface area contributed by atoms with Crippen LogP contribution in [-0.2, 0) is 0 Å². The van der Waals surface area contributed by atoms with Gasteiger partial charge in [-0.1, -0.05) is 27.5 Å². The fourth-order valence-corrected chi connectivity index (χ4v) is 2.28. The van der Waals surface area contributed by atoms with Crippen LogP contribution >= 0.6 is 43.5 Å². The third-order valence-electron chi connectivity index (χ3n) is 2.35. The summed E-state index contributed by atoms with van der Waals surface area (Å²) in [5.41, 5.74) is 0.512. The van der Waals surface area contributed by atoms with Gasteiger partial charge in [0, 0.05) is 14.6 Å². The maximum absolute atomic E-state index is 13.6. The molecule has 0 unspecified atom stereocenters. The lowest BCUT2D eigenvalue weighted by Crippen LogP contribution is -2.13. The van der Waals surface area contributed by atoms with Crippen molar-refractivity contribution in [2.75, 3.05) is 5.32 Å². The lowest BCUT2D eigenvalue weighted by atomic mass is 10.2. The number of hydrogen-bond acceptors (Lipinski definition) is 1. The molecule has 0 saturated carbocycles. The minimum Gasteiger partial charge on any atom is -0.322 e. The van der Waals surface area contributed by atoms with Crippen molar-refractivity contribution in [3.63, 3.8) is 0 Å². The molecule has 98 valence electrons. The van der Waals surface area contributed by atoms with Crippen LogP contribution in [0.3, 0.4) is 0 Å². The normalized spacial score (nSPS) is 10.3. The number of anilines is 1. The molecule has 0 aromatic heterocycles. The van der Waals surface area contributed by atoms with Gasteiger partial charge < -0.3 is 5.32 Å². The van der Waals surface area contributed by atoms with Gasteiger partial charge in [0.2, 0.25) is 0 Å². The Bertz CT molecular complexity index is 649. The molecule has 2 aromatic carbocycles. The summed E-state index contributed by atoms with van der Waals surface area (Å²) in [6, 6.07) is 9.19.